The minimum atomic E-state index is 0.118. The first-order valence-electron chi connectivity index (χ1n) is 5.55. The Kier molecular flexibility index (Phi) is 1.84. The number of fused-ring (bicyclic) bond motifs is 3. The van der Waals surface area contributed by atoms with Crippen molar-refractivity contribution in [3.8, 4) is 5.75 Å². The highest BCUT2D eigenvalue weighted by atomic mass is 16.5. The van der Waals surface area contributed by atoms with E-state index < -0.39 is 0 Å². The lowest BCUT2D eigenvalue weighted by Crippen LogP contribution is -2.34. The Morgan fingerprint density at radius 1 is 1.33 bits per heavy atom. The van der Waals surface area contributed by atoms with Crippen LogP contribution in [0.25, 0.3) is 0 Å². The number of rotatable bonds is 0. The van der Waals surface area contributed by atoms with Crippen LogP contribution in [0.1, 0.15) is 31.2 Å². The number of para-hydroxylation sites is 1. The summed E-state index contributed by atoms with van der Waals surface area (Å²) >= 11 is 0. The van der Waals surface area contributed by atoms with Crippen molar-refractivity contribution in [3.63, 3.8) is 0 Å². The fourth-order valence-corrected chi connectivity index (χ4v) is 2.84. The van der Waals surface area contributed by atoms with Crippen LogP contribution in [0.5, 0.6) is 5.75 Å². The van der Waals surface area contributed by atoms with E-state index in [0.29, 0.717) is 18.1 Å². The lowest BCUT2D eigenvalue weighted by Gasteiger charge is -2.29. The summed E-state index contributed by atoms with van der Waals surface area (Å²) in [5.41, 5.74) is 1.23. The number of ether oxygens (including phenoxy) is 1. The van der Waals surface area contributed by atoms with Crippen molar-refractivity contribution in [2.75, 3.05) is 0 Å². The Hall–Kier alpha value is -1.31. The van der Waals surface area contributed by atoms with E-state index in [9.17, 15) is 4.79 Å². The van der Waals surface area contributed by atoms with Gasteiger partial charge in [0.1, 0.15) is 17.6 Å². The van der Waals surface area contributed by atoms with Crippen molar-refractivity contribution in [2.24, 2.45) is 5.92 Å². The molecule has 15 heavy (non-hydrogen) atoms. The van der Waals surface area contributed by atoms with Gasteiger partial charge in [-0.2, -0.15) is 0 Å². The second kappa shape index (κ2) is 3.09. The average Bonchev–Trinajstić information content (AvgIpc) is 2.62. The molecule has 0 amide bonds. The number of hydrogen-bond acceptors (Lipinski definition) is 2. The molecule has 2 aliphatic rings. The molecule has 0 spiro atoms. The highest BCUT2D eigenvalue weighted by Crippen LogP contribution is 2.46. The molecule has 0 aromatic heterocycles. The van der Waals surface area contributed by atoms with Crippen LogP contribution in [0.2, 0.25) is 0 Å². The highest BCUT2D eigenvalue weighted by Gasteiger charge is 2.43. The van der Waals surface area contributed by atoms with Gasteiger partial charge in [-0.05, 0) is 12.5 Å². The van der Waals surface area contributed by atoms with Crippen molar-refractivity contribution in [1.29, 1.82) is 0 Å². The average molecular weight is 202 g/mol. The van der Waals surface area contributed by atoms with Gasteiger partial charge in [0.05, 0.1) is 0 Å². The highest BCUT2D eigenvalue weighted by molar-refractivity contribution is 5.83. The van der Waals surface area contributed by atoms with E-state index in [1.54, 1.807) is 0 Å². The van der Waals surface area contributed by atoms with E-state index in [1.807, 2.05) is 25.1 Å². The molecule has 1 heterocycles. The minimum absolute atomic E-state index is 0.118. The van der Waals surface area contributed by atoms with Gasteiger partial charge in [-0.15, -0.1) is 0 Å². The van der Waals surface area contributed by atoms with Crippen LogP contribution in [0.4, 0.5) is 0 Å². The first-order valence-corrected chi connectivity index (χ1v) is 5.55. The van der Waals surface area contributed by atoms with Gasteiger partial charge >= 0.3 is 0 Å². The lowest BCUT2D eigenvalue weighted by atomic mass is 9.75. The SMILES string of the molecule is C[C@@H]1C(=O)CC[C@H]2Oc3ccccc3[C@@H]12. The van der Waals surface area contributed by atoms with Crippen LogP contribution in [0, 0.1) is 5.92 Å². The van der Waals surface area contributed by atoms with Gasteiger partial charge in [0.25, 0.3) is 0 Å². The summed E-state index contributed by atoms with van der Waals surface area (Å²) in [6.45, 7) is 2.03. The third-order valence-electron chi connectivity index (χ3n) is 3.68. The van der Waals surface area contributed by atoms with E-state index in [1.165, 1.54) is 5.56 Å². The first-order chi connectivity index (χ1) is 7.27. The summed E-state index contributed by atoms with van der Waals surface area (Å²) in [7, 11) is 0. The summed E-state index contributed by atoms with van der Waals surface area (Å²) in [4.78, 5) is 11.7. The minimum Gasteiger partial charge on any atom is -0.489 e. The monoisotopic (exact) mass is 202 g/mol. The number of carbonyl (C=O) groups is 1. The predicted molar refractivity (Wildman–Crippen MR) is 57.0 cm³/mol. The Morgan fingerprint density at radius 3 is 3.00 bits per heavy atom. The molecule has 0 saturated heterocycles. The molecule has 1 aromatic carbocycles. The number of hydrogen-bond donors (Lipinski definition) is 0. The normalized spacial score (nSPS) is 33.1. The quantitative estimate of drug-likeness (QED) is 0.646. The van der Waals surface area contributed by atoms with Crippen molar-refractivity contribution < 1.29 is 9.53 Å². The van der Waals surface area contributed by atoms with E-state index in [0.717, 1.165) is 12.2 Å². The van der Waals surface area contributed by atoms with Gasteiger partial charge in [-0.25, -0.2) is 0 Å². The first kappa shape index (κ1) is 8.96. The van der Waals surface area contributed by atoms with Crippen molar-refractivity contribution >= 4 is 5.78 Å². The standard InChI is InChI=1S/C13H14O2/c1-8-10(14)6-7-12-13(8)9-4-2-3-5-11(9)15-12/h2-5,8,12-13H,6-7H2,1H3/t8-,12-,13-/m1/s1. The maximum absolute atomic E-state index is 11.7. The van der Waals surface area contributed by atoms with E-state index >= 15 is 0 Å². The lowest BCUT2D eigenvalue weighted by molar-refractivity contribution is -0.126. The Morgan fingerprint density at radius 2 is 2.13 bits per heavy atom. The van der Waals surface area contributed by atoms with Crippen LogP contribution in [0.15, 0.2) is 24.3 Å². The molecule has 1 aliphatic carbocycles. The Labute approximate surface area is 89.2 Å². The van der Waals surface area contributed by atoms with Crippen LogP contribution < -0.4 is 4.74 Å². The van der Waals surface area contributed by atoms with Gasteiger partial charge < -0.3 is 4.74 Å². The van der Waals surface area contributed by atoms with E-state index in [4.69, 9.17) is 4.74 Å². The molecular weight excluding hydrogens is 188 g/mol. The predicted octanol–water partition coefficient (Wildman–Crippen LogP) is 2.53. The molecule has 0 unspecified atom stereocenters. The zero-order valence-electron chi connectivity index (χ0n) is 8.77. The van der Waals surface area contributed by atoms with Gasteiger partial charge in [-0.1, -0.05) is 25.1 Å². The Balaban J connectivity index is 2.05. The maximum Gasteiger partial charge on any atom is 0.136 e. The maximum atomic E-state index is 11.7. The molecule has 3 atom stereocenters. The van der Waals surface area contributed by atoms with Gasteiger partial charge in [-0.3, -0.25) is 4.79 Å². The molecule has 0 bridgehead atoms. The smallest absolute Gasteiger partial charge is 0.136 e. The summed E-state index contributed by atoms with van der Waals surface area (Å²) < 4.78 is 5.88. The number of benzene rings is 1. The van der Waals surface area contributed by atoms with Crippen LogP contribution in [0.3, 0.4) is 0 Å². The molecule has 1 saturated carbocycles. The zero-order chi connectivity index (χ0) is 10.4. The molecule has 2 heteroatoms. The summed E-state index contributed by atoms with van der Waals surface area (Å²) in [5.74, 6) is 1.78. The number of ketones is 1. The molecule has 78 valence electrons. The summed E-state index contributed by atoms with van der Waals surface area (Å²) in [5, 5.41) is 0. The van der Waals surface area contributed by atoms with E-state index in [2.05, 4.69) is 6.07 Å². The fourth-order valence-electron chi connectivity index (χ4n) is 2.84. The largest absolute Gasteiger partial charge is 0.489 e. The molecule has 3 rings (SSSR count). The van der Waals surface area contributed by atoms with Gasteiger partial charge in [0.2, 0.25) is 0 Å². The third kappa shape index (κ3) is 1.21. The fraction of sp³-hybridized carbons (Fsp3) is 0.462. The van der Waals surface area contributed by atoms with Gasteiger partial charge in [0.15, 0.2) is 0 Å². The second-order valence-corrected chi connectivity index (χ2v) is 4.51. The Bertz CT molecular complexity index is 411. The topological polar surface area (TPSA) is 26.3 Å². The van der Waals surface area contributed by atoms with Crippen molar-refractivity contribution in [2.45, 2.75) is 31.8 Å². The van der Waals surface area contributed by atoms with Crippen LogP contribution >= 0.6 is 0 Å². The third-order valence-corrected chi connectivity index (χ3v) is 3.68. The van der Waals surface area contributed by atoms with Crippen molar-refractivity contribution in [3.05, 3.63) is 29.8 Å². The second-order valence-electron chi connectivity index (χ2n) is 4.51. The molecule has 0 N–H and O–H groups in total. The molecular formula is C13H14O2. The van der Waals surface area contributed by atoms with Crippen LogP contribution in [-0.4, -0.2) is 11.9 Å². The molecule has 1 aliphatic heterocycles. The van der Waals surface area contributed by atoms with Gasteiger partial charge in [0, 0.05) is 23.8 Å². The van der Waals surface area contributed by atoms with E-state index in [-0.39, 0.29) is 12.0 Å². The number of carbonyl (C=O) groups excluding carboxylic acids is 1. The molecule has 2 nitrogen and oxygen atoms in total. The zero-order valence-corrected chi connectivity index (χ0v) is 8.77. The molecule has 0 radical (unpaired) electrons. The molecule has 1 aromatic rings. The summed E-state index contributed by atoms with van der Waals surface area (Å²) in [6, 6.07) is 8.11. The summed E-state index contributed by atoms with van der Waals surface area (Å²) in [6.07, 6.45) is 1.79. The number of Topliss-reactive ketones (excluding diaryl/α,β-unsaturated/α-hetero) is 1. The van der Waals surface area contributed by atoms with Crippen molar-refractivity contribution in [1.82, 2.24) is 0 Å². The van der Waals surface area contributed by atoms with Crippen LogP contribution in [-0.2, 0) is 4.79 Å². The molecule has 1 fully saturated rings.